The Labute approximate surface area is 167 Å². The Morgan fingerprint density at radius 3 is 2.60 bits per heavy atom. The zero-order valence-electron chi connectivity index (χ0n) is 15.9. The minimum atomic E-state index is -4.04. The summed E-state index contributed by atoms with van der Waals surface area (Å²) in [5, 5.41) is 16.1. The van der Waals surface area contributed by atoms with Crippen LogP contribution in [-0.2, 0) is 11.2 Å². The third-order valence-corrected chi connectivity index (χ3v) is 4.90. The van der Waals surface area contributed by atoms with Gasteiger partial charge < -0.3 is 9.67 Å². The third kappa shape index (κ3) is 3.08. The van der Waals surface area contributed by atoms with Crippen LogP contribution in [0, 0.1) is 11.6 Å². The van der Waals surface area contributed by atoms with Crippen molar-refractivity contribution < 1.29 is 27.5 Å². The molecule has 1 aromatic carbocycles. The highest BCUT2D eigenvalue weighted by molar-refractivity contribution is 5.93. The molecule has 2 N–H and O–H groups in total. The van der Waals surface area contributed by atoms with Gasteiger partial charge in [-0.3, -0.25) is 5.10 Å². The molecule has 3 aromatic heterocycles. The quantitative estimate of drug-likeness (QED) is 0.464. The molecule has 0 radical (unpaired) electrons. The molecule has 0 aliphatic carbocycles. The number of pyridine rings is 1. The van der Waals surface area contributed by atoms with Gasteiger partial charge in [-0.15, -0.1) is 0 Å². The number of alkyl halides is 2. The number of carboxylic acid groups (broad SMARTS) is 1. The van der Waals surface area contributed by atoms with Crippen molar-refractivity contribution in [2.75, 3.05) is 0 Å². The van der Waals surface area contributed by atoms with Crippen LogP contribution in [0.15, 0.2) is 30.5 Å². The van der Waals surface area contributed by atoms with Crippen molar-refractivity contribution in [3.05, 3.63) is 53.4 Å². The summed E-state index contributed by atoms with van der Waals surface area (Å²) >= 11 is 0. The minimum absolute atomic E-state index is 0.0219. The Hall–Kier alpha value is -3.43. The largest absolute Gasteiger partial charge is 0.477 e. The number of nitrogens with zero attached hydrogens (tertiary/aromatic N) is 3. The monoisotopic (exact) mass is 420 g/mol. The molecule has 3 heterocycles. The average molecular weight is 420 g/mol. The van der Waals surface area contributed by atoms with Crippen molar-refractivity contribution in [3.63, 3.8) is 0 Å². The van der Waals surface area contributed by atoms with E-state index in [9.17, 15) is 22.4 Å². The molecule has 0 spiro atoms. The van der Waals surface area contributed by atoms with Crippen LogP contribution >= 0.6 is 0 Å². The van der Waals surface area contributed by atoms with E-state index in [1.807, 2.05) is 0 Å². The summed E-state index contributed by atoms with van der Waals surface area (Å²) in [4.78, 5) is 15.5. The maximum absolute atomic E-state index is 14.2. The number of hydrogen-bond acceptors (Lipinski definition) is 3. The van der Waals surface area contributed by atoms with Gasteiger partial charge in [-0.2, -0.15) is 13.9 Å². The molecule has 6 nitrogen and oxygen atoms in total. The number of aromatic amines is 1. The van der Waals surface area contributed by atoms with Gasteiger partial charge in [-0.05, 0) is 24.1 Å². The van der Waals surface area contributed by atoms with E-state index < -0.39 is 29.9 Å². The Bertz CT molecular complexity index is 1290. The number of benzene rings is 1. The van der Waals surface area contributed by atoms with E-state index in [-0.39, 0.29) is 22.7 Å². The normalized spacial score (nSPS) is 12.4. The number of hydrogen-bond donors (Lipinski definition) is 2. The molecule has 0 bridgehead atoms. The highest BCUT2D eigenvalue weighted by Crippen LogP contribution is 2.37. The van der Waals surface area contributed by atoms with Gasteiger partial charge in [0.1, 0.15) is 0 Å². The lowest BCUT2D eigenvalue weighted by atomic mass is 9.99. The van der Waals surface area contributed by atoms with E-state index in [0.29, 0.717) is 22.2 Å². The Balaban J connectivity index is 2.12. The highest BCUT2D eigenvalue weighted by Gasteiger charge is 2.41. The number of aliphatic carboxylic acids is 1. The minimum Gasteiger partial charge on any atom is -0.477 e. The zero-order chi connectivity index (χ0) is 21.8. The number of H-pyrrole nitrogens is 1. The lowest BCUT2D eigenvalue weighted by Gasteiger charge is -2.17. The molecule has 0 fully saturated rings. The summed E-state index contributed by atoms with van der Waals surface area (Å²) in [5.74, 6) is -8.80. The Kier molecular flexibility index (Phi) is 4.52. The van der Waals surface area contributed by atoms with Crippen molar-refractivity contribution in [1.82, 2.24) is 19.7 Å². The van der Waals surface area contributed by atoms with Crippen molar-refractivity contribution in [3.8, 4) is 5.69 Å². The van der Waals surface area contributed by atoms with Crippen LogP contribution in [0.3, 0.4) is 0 Å². The molecule has 156 valence electrons. The number of rotatable bonds is 5. The Morgan fingerprint density at radius 1 is 1.23 bits per heavy atom. The second kappa shape index (κ2) is 6.82. The van der Waals surface area contributed by atoms with E-state index in [1.54, 1.807) is 19.9 Å². The third-order valence-electron chi connectivity index (χ3n) is 4.90. The van der Waals surface area contributed by atoms with E-state index in [0.717, 1.165) is 12.1 Å². The van der Waals surface area contributed by atoms with E-state index in [1.165, 1.54) is 16.8 Å². The van der Waals surface area contributed by atoms with Crippen LogP contribution in [0.1, 0.15) is 31.0 Å². The summed E-state index contributed by atoms with van der Waals surface area (Å²) in [6.07, 6.45) is 0.389. The first kappa shape index (κ1) is 19.9. The van der Waals surface area contributed by atoms with Gasteiger partial charge in [0, 0.05) is 28.4 Å². The predicted molar refractivity (Wildman–Crippen MR) is 101 cm³/mol. The lowest BCUT2D eigenvalue weighted by molar-refractivity contribution is -0.164. The summed E-state index contributed by atoms with van der Waals surface area (Å²) in [6, 6.07) is 4.86. The van der Waals surface area contributed by atoms with Crippen LogP contribution in [0.5, 0.6) is 0 Å². The summed E-state index contributed by atoms with van der Waals surface area (Å²) < 4.78 is 57.4. The average Bonchev–Trinajstić information content (AvgIpc) is 3.24. The first-order valence-corrected chi connectivity index (χ1v) is 9.04. The molecule has 0 aliphatic rings. The van der Waals surface area contributed by atoms with E-state index in [4.69, 9.17) is 5.11 Å². The van der Waals surface area contributed by atoms with Gasteiger partial charge in [-0.25, -0.2) is 18.6 Å². The smallest absolute Gasteiger partial charge is 0.374 e. The predicted octanol–water partition coefficient (Wildman–Crippen LogP) is 4.57. The molecule has 10 heteroatoms. The molecule has 0 atom stereocenters. The number of halogens is 4. The summed E-state index contributed by atoms with van der Waals surface area (Å²) in [6.45, 7) is 3.47. The molecular weight excluding hydrogens is 404 g/mol. The maximum Gasteiger partial charge on any atom is 0.374 e. The first-order chi connectivity index (χ1) is 14.1. The van der Waals surface area contributed by atoms with Crippen molar-refractivity contribution in [1.29, 1.82) is 0 Å². The SMILES string of the molecule is CC(C)c1c(CC(F)(F)C(=O)O)c2nc3[nH]ncc3cc2n1-c1ccc(F)c(F)c1. The molecule has 4 aromatic rings. The van der Waals surface area contributed by atoms with Crippen LogP contribution in [-0.4, -0.2) is 36.7 Å². The fraction of sp³-hybridized carbons (Fsp3) is 0.250. The molecule has 0 amide bonds. The summed E-state index contributed by atoms with van der Waals surface area (Å²) in [5.41, 5.74) is 1.40. The first-order valence-electron chi connectivity index (χ1n) is 9.04. The molecule has 30 heavy (non-hydrogen) atoms. The number of aromatic nitrogens is 4. The molecular formula is C20H16F4N4O2. The second-order valence-corrected chi connectivity index (χ2v) is 7.30. The fourth-order valence-electron chi connectivity index (χ4n) is 3.63. The van der Waals surface area contributed by atoms with Crippen molar-refractivity contribution in [2.24, 2.45) is 0 Å². The van der Waals surface area contributed by atoms with Crippen molar-refractivity contribution >= 4 is 28.0 Å². The maximum atomic E-state index is 14.2. The van der Waals surface area contributed by atoms with Gasteiger partial charge in [0.05, 0.1) is 23.7 Å². The highest BCUT2D eigenvalue weighted by atomic mass is 19.3. The van der Waals surface area contributed by atoms with Crippen LogP contribution < -0.4 is 0 Å². The zero-order valence-corrected chi connectivity index (χ0v) is 15.9. The van der Waals surface area contributed by atoms with Gasteiger partial charge in [-0.1, -0.05) is 13.8 Å². The molecule has 0 aliphatic heterocycles. The fourth-order valence-corrected chi connectivity index (χ4v) is 3.63. The van der Waals surface area contributed by atoms with Crippen molar-refractivity contribution in [2.45, 2.75) is 32.1 Å². The van der Waals surface area contributed by atoms with Gasteiger partial charge in [0.15, 0.2) is 17.3 Å². The number of carboxylic acids is 1. The van der Waals surface area contributed by atoms with Gasteiger partial charge in [0.25, 0.3) is 0 Å². The van der Waals surface area contributed by atoms with Gasteiger partial charge in [0.2, 0.25) is 0 Å². The van der Waals surface area contributed by atoms with E-state index >= 15 is 0 Å². The summed E-state index contributed by atoms with van der Waals surface area (Å²) in [7, 11) is 0. The molecule has 0 saturated heterocycles. The van der Waals surface area contributed by atoms with Crippen LogP contribution in [0.25, 0.3) is 27.8 Å². The lowest BCUT2D eigenvalue weighted by Crippen LogP contribution is -2.31. The standard InChI is InChI=1S/C20H16F4N4O2/c1-9(2)17-12(7-20(23,24)19(29)30)16-15(5-10-8-25-27-18(10)26-16)28(17)11-3-4-13(21)14(22)6-11/h3-6,8-9H,7H2,1-2H3,(H,29,30)(H,25,26,27). The Morgan fingerprint density at radius 2 is 1.97 bits per heavy atom. The number of fused-ring (bicyclic) bond motifs is 2. The van der Waals surface area contributed by atoms with Crippen LogP contribution in [0.2, 0.25) is 0 Å². The second-order valence-electron chi connectivity index (χ2n) is 7.30. The van der Waals surface area contributed by atoms with Gasteiger partial charge >= 0.3 is 11.9 Å². The van der Waals surface area contributed by atoms with Crippen LogP contribution in [0.4, 0.5) is 17.6 Å². The number of nitrogens with one attached hydrogen (secondary N) is 1. The topological polar surface area (TPSA) is 83.8 Å². The molecule has 0 saturated carbocycles. The number of carbonyl (C=O) groups is 1. The van der Waals surface area contributed by atoms with E-state index in [2.05, 4.69) is 15.2 Å². The molecule has 4 rings (SSSR count). The molecule has 0 unspecified atom stereocenters.